The van der Waals surface area contributed by atoms with Crippen LogP contribution in [0.25, 0.3) is 10.8 Å². The van der Waals surface area contributed by atoms with Gasteiger partial charge in [0.15, 0.2) is 0 Å². The van der Waals surface area contributed by atoms with E-state index in [4.69, 9.17) is 10.9 Å². The van der Waals surface area contributed by atoms with Crippen molar-refractivity contribution in [1.82, 2.24) is 0 Å². The van der Waals surface area contributed by atoms with Crippen LogP contribution in [-0.4, -0.2) is 16.8 Å². The number of sulfonamides is 1. The molecule has 0 spiro atoms. The number of nitrogens with two attached hydrogens (primary N) is 2. The number of sulfone groups is 1. The first-order chi connectivity index (χ1) is 11.2. The molecule has 0 unspecified atom stereocenters. The van der Waals surface area contributed by atoms with E-state index in [0.29, 0.717) is 16.5 Å². The van der Waals surface area contributed by atoms with Gasteiger partial charge >= 0.3 is 0 Å². The molecule has 0 atom stereocenters. The van der Waals surface area contributed by atoms with Crippen LogP contribution in [0, 0.1) is 0 Å². The molecule has 0 bridgehead atoms. The molecule has 0 aliphatic heterocycles. The minimum Gasteiger partial charge on any atom is -0.399 e. The van der Waals surface area contributed by atoms with Crippen LogP contribution in [0.4, 0.5) is 5.69 Å². The van der Waals surface area contributed by atoms with Gasteiger partial charge in [-0.3, -0.25) is 0 Å². The maximum absolute atomic E-state index is 13.1. The first-order valence-corrected chi connectivity index (χ1v) is 9.89. The van der Waals surface area contributed by atoms with Gasteiger partial charge in [0.2, 0.25) is 19.9 Å². The highest BCUT2D eigenvalue weighted by molar-refractivity contribution is 7.93. The van der Waals surface area contributed by atoms with Crippen LogP contribution >= 0.6 is 0 Å². The second kappa shape index (κ2) is 5.59. The molecular weight excluding hydrogens is 348 g/mol. The topological polar surface area (TPSA) is 120 Å². The monoisotopic (exact) mass is 362 g/mol. The van der Waals surface area contributed by atoms with Gasteiger partial charge in [0.1, 0.15) is 4.90 Å². The van der Waals surface area contributed by atoms with Gasteiger partial charge < -0.3 is 5.73 Å². The third-order valence-electron chi connectivity index (χ3n) is 3.61. The zero-order valence-electron chi connectivity index (χ0n) is 12.4. The Balaban J connectivity index is 2.45. The quantitative estimate of drug-likeness (QED) is 0.689. The molecule has 3 rings (SSSR count). The maximum Gasteiger partial charge on any atom is 0.239 e. The Bertz CT molecular complexity index is 1140. The molecule has 0 aliphatic rings. The number of anilines is 1. The fourth-order valence-corrected chi connectivity index (χ4v) is 5.33. The maximum atomic E-state index is 13.1. The third-order valence-corrected chi connectivity index (χ3v) is 6.56. The second-order valence-electron chi connectivity index (χ2n) is 5.23. The summed E-state index contributed by atoms with van der Waals surface area (Å²) in [7, 11) is -8.34. The summed E-state index contributed by atoms with van der Waals surface area (Å²) >= 11 is 0. The van der Waals surface area contributed by atoms with Crippen LogP contribution in [0.1, 0.15) is 0 Å². The lowest BCUT2D eigenvalue weighted by Gasteiger charge is -2.13. The van der Waals surface area contributed by atoms with Crippen LogP contribution < -0.4 is 10.9 Å². The van der Waals surface area contributed by atoms with Crippen molar-refractivity contribution in [2.45, 2.75) is 14.7 Å². The van der Waals surface area contributed by atoms with E-state index in [1.165, 1.54) is 36.4 Å². The summed E-state index contributed by atoms with van der Waals surface area (Å²) < 4.78 is 50.0. The highest BCUT2D eigenvalue weighted by Gasteiger charge is 2.28. The highest BCUT2D eigenvalue weighted by atomic mass is 32.2. The summed E-state index contributed by atoms with van der Waals surface area (Å²) in [6, 6.07) is 14.9. The highest BCUT2D eigenvalue weighted by Crippen LogP contribution is 2.33. The molecule has 0 amide bonds. The van der Waals surface area contributed by atoms with Crippen LogP contribution in [0.5, 0.6) is 0 Å². The minimum absolute atomic E-state index is 0.0575. The summed E-state index contributed by atoms with van der Waals surface area (Å²) in [4.78, 5) is -0.816. The van der Waals surface area contributed by atoms with Crippen molar-refractivity contribution in [3.8, 4) is 0 Å². The number of benzene rings is 3. The summed E-state index contributed by atoms with van der Waals surface area (Å²) in [6.07, 6.45) is 0. The number of fused-ring (bicyclic) bond motifs is 1. The lowest BCUT2D eigenvalue weighted by Crippen LogP contribution is -2.17. The van der Waals surface area contributed by atoms with E-state index in [1.807, 2.05) is 0 Å². The van der Waals surface area contributed by atoms with E-state index in [2.05, 4.69) is 0 Å². The smallest absolute Gasteiger partial charge is 0.239 e. The Kier molecular flexibility index (Phi) is 3.83. The van der Waals surface area contributed by atoms with E-state index in [0.717, 1.165) is 0 Å². The Labute approximate surface area is 139 Å². The average molecular weight is 362 g/mol. The normalized spacial score (nSPS) is 12.4. The molecule has 3 aromatic rings. The van der Waals surface area contributed by atoms with Gasteiger partial charge in [-0.2, -0.15) is 0 Å². The largest absolute Gasteiger partial charge is 0.399 e. The molecule has 0 fully saturated rings. The van der Waals surface area contributed by atoms with E-state index in [1.54, 1.807) is 24.3 Å². The van der Waals surface area contributed by atoms with Gasteiger partial charge in [-0.1, -0.05) is 30.3 Å². The van der Waals surface area contributed by atoms with E-state index < -0.39 is 24.8 Å². The third kappa shape index (κ3) is 2.75. The van der Waals surface area contributed by atoms with Gasteiger partial charge in [-0.05, 0) is 35.7 Å². The fourth-order valence-electron chi connectivity index (χ4n) is 2.49. The van der Waals surface area contributed by atoms with Gasteiger partial charge in [0.25, 0.3) is 0 Å². The van der Waals surface area contributed by atoms with Crippen LogP contribution in [-0.2, 0) is 19.9 Å². The molecule has 0 saturated carbocycles. The first kappa shape index (κ1) is 16.4. The van der Waals surface area contributed by atoms with Gasteiger partial charge in [-0.25, -0.2) is 22.0 Å². The molecule has 4 N–H and O–H groups in total. The summed E-state index contributed by atoms with van der Waals surface area (Å²) in [5, 5.41) is 6.12. The number of hydrogen-bond acceptors (Lipinski definition) is 5. The molecule has 0 saturated heterocycles. The van der Waals surface area contributed by atoms with E-state index >= 15 is 0 Å². The standard InChI is InChI=1S/C16H14N2O4S2/c17-12-6-8-13(9-7-12)23(19,20)16-14-4-2-1-3-11(14)5-10-15(16)24(18,21)22/h1-10H,17H2,(H2,18,21,22). The molecule has 8 heteroatoms. The van der Waals surface area contributed by atoms with Crippen molar-refractivity contribution in [1.29, 1.82) is 0 Å². The molecular formula is C16H14N2O4S2. The number of rotatable bonds is 3. The molecule has 124 valence electrons. The molecule has 3 aromatic carbocycles. The van der Waals surface area contributed by atoms with E-state index in [9.17, 15) is 16.8 Å². The Morgan fingerprint density at radius 3 is 2.00 bits per heavy atom. The van der Waals surface area contributed by atoms with Crippen molar-refractivity contribution in [3.05, 3.63) is 60.7 Å². The number of nitrogen functional groups attached to an aromatic ring is 1. The van der Waals surface area contributed by atoms with Gasteiger partial charge in [0, 0.05) is 11.1 Å². The molecule has 0 aliphatic carbocycles. The summed E-state index contributed by atoms with van der Waals surface area (Å²) in [5.74, 6) is 0. The van der Waals surface area contributed by atoms with Crippen molar-refractivity contribution in [3.63, 3.8) is 0 Å². The summed E-state index contributed by atoms with van der Waals surface area (Å²) in [5.41, 5.74) is 5.99. The Morgan fingerprint density at radius 1 is 0.750 bits per heavy atom. The lowest BCUT2D eigenvalue weighted by molar-refractivity contribution is 0.584. The fraction of sp³-hybridized carbons (Fsp3) is 0. The van der Waals surface area contributed by atoms with Gasteiger partial charge in [-0.15, -0.1) is 0 Å². The lowest BCUT2D eigenvalue weighted by atomic mass is 10.1. The first-order valence-electron chi connectivity index (χ1n) is 6.86. The van der Waals surface area contributed by atoms with Crippen molar-refractivity contribution in [2.24, 2.45) is 5.14 Å². The number of hydrogen-bond donors (Lipinski definition) is 2. The molecule has 0 aromatic heterocycles. The predicted octanol–water partition coefficient (Wildman–Crippen LogP) is 1.90. The van der Waals surface area contributed by atoms with Crippen molar-refractivity contribution < 1.29 is 16.8 Å². The Morgan fingerprint density at radius 2 is 1.38 bits per heavy atom. The zero-order chi connectivity index (χ0) is 17.5. The molecule has 0 radical (unpaired) electrons. The Hall–Kier alpha value is -2.42. The minimum atomic E-state index is -4.23. The second-order valence-corrected chi connectivity index (χ2v) is 8.65. The summed E-state index contributed by atoms with van der Waals surface area (Å²) in [6.45, 7) is 0. The van der Waals surface area contributed by atoms with Crippen molar-refractivity contribution >= 4 is 36.3 Å². The van der Waals surface area contributed by atoms with Crippen molar-refractivity contribution in [2.75, 3.05) is 5.73 Å². The average Bonchev–Trinajstić information content (AvgIpc) is 2.53. The zero-order valence-corrected chi connectivity index (χ0v) is 14.0. The van der Waals surface area contributed by atoms with E-state index in [-0.39, 0.29) is 9.79 Å². The van der Waals surface area contributed by atoms with Crippen LogP contribution in [0.3, 0.4) is 0 Å². The SMILES string of the molecule is Nc1ccc(S(=O)(=O)c2c(S(N)(=O)=O)ccc3ccccc23)cc1. The van der Waals surface area contributed by atoms with Crippen LogP contribution in [0.2, 0.25) is 0 Å². The molecule has 24 heavy (non-hydrogen) atoms. The molecule has 0 heterocycles. The van der Waals surface area contributed by atoms with Crippen LogP contribution in [0.15, 0.2) is 75.4 Å². The predicted molar refractivity (Wildman–Crippen MR) is 91.6 cm³/mol. The number of primary sulfonamides is 1. The molecule has 6 nitrogen and oxygen atoms in total. The van der Waals surface area contributed by atoms with Gasteiger partial charge in [0.05, 0.1) is 9.79 Å².